The van der Waals surface area contributed by atoms with Gasteiger partial charge in [-0.25, -0.2) is 4.99 Å². The zero-order chi connectivity index (χ0) is 20.1. The largest absolute Gasteiger partial charge is 0.384 e. The standard InChI is InChI=1S/C25H37N3O/c1-28-17-18(16-25(29)21-13-6-7-14-22(21)27-23(25)26)20-12-8-9-15-24(20,28)19-10-4-2-3-5-11-19/h6-7,13-14,18-20,29H,2-5,8-12,15-17H2,1H3,(H2,26,27). The Kier molecular flexibility index (Phi) is 4.98. The molecule has 2 saturated carbocycles. The molecule has 3 fully saturated rings. The lowest BCUT2D eigenvalue weighted by molar-refractivity contribution is 0.00457. The Hall–Kier alpha value is -1.39. The summed E-state index contributed by atoms with van der Waals surface area (Å²) in [5.41, 5.74) is 7.32. The Morgan fingerprint density at radius 1 is 1.07 bits per heavy atom. The van der Waals surface area contributed by atoms with Crippen molar-refractivity contribution in [2.24, 2.45) is 28.5 Å². The predicted octanol–water partition coefficient (Wildman–Crippen LogP) is 4.73. The van der Waals surface area contributed by atoms with Crippen LogP contribution in [0.5, 0.6) is 0 Å². The van der Waals surface area contributed by atoms with Crippen LogP contribution in [-0.4, -0.2) is 35.0 Å². The maximum Gasteiger partial charge on any atom is 0.149 e. The lowest BCUT2D eigenvalue weighted by atomic mass is 9.61. The van der Waals surface area contributed by atoms with Crippen LogP contribution in [0.3, 0.4) is 0 Å². The summed E-state index contributed by atoms with van der Waals surface area (Å²) < 4.78 is 0. The Balaban J connectivity index is 1.46. The van der Waals surface area contributed by atoms with Gasteiger partial charge in [0.15, 0.2) is 0 Å². The van der Waals surface area contributed by atoms with Crippen LogP contribution in [0.2, 0.25) is 0 Å². The third-order valence-electron chi connectivity index (χ3n) is 8.91. The number of aliphatic hydroxyl groups is 1. The van der Waals surface area contributed by atoms with E-state index >= 15 is 0 Å². The first-order chi connectivity index (χ1) is 14.1. The molecule has 5 rings (SSSR count). The number of aliphatic imine (C=N–C) groups is 1. The molecule has 1 aromatic carbocycles. The average molecular weight is 396 g/mol. The lowest BCUT2D eigenvalue weighted by Crippen LogP contribution is -2.54. The Morgan fingerprint density at radius 2 is 1.79 bits per heavy atom. The van der Waals surface area contributed by atoms with Crippen molar-refractivity contribution >= 4 is 11.5 Å². The molecule has 0 bridgehead atoms. The number of para-hydroxylation sites is 1. The molecular formula is C25H37N3O. The SMILES string of the molecule is CN1CC(CC2(O)C(N)=Nc3ccccc32)C2CCCCC21C1CCCCCC1. The van der Waals surface area contributed by atoms with Gasteiger partial charge in [0.25, 0.3) is 0 Å². The van der Waals surface area contributed by atoms with E-state index < -0.39 is 5.60 Å². The van der Waals surface area contributed by atoms with E-state index in [-0.39, 0.29) is 0 Å². The number of hydrogen-bond donors (Lipinski definition) is 2. The molecule has 2 aliphatic heterocycles. The van der Waals surface area contributed by atoms with Crippen molar-refractivity contribution in [1.82, 2.24) is 4.90 Å². The van der Waals surface area contributed by atoms with Gasteiger partial charge in [-0.05, 0) is 63.0 Å². The fraction of sp³-hybridized carbons (Fsp3) is 0.720. The minimum Gasteiger partial charge on any atom is -0.384 e. The van der Waals surface area contributed by atoms with Crippen LogP contribution in [-0.2, 0) is 5.60 Å². The van der Waals surface area contributed by atoms with Crippen LogP contribution >= 0.6 is 0 Å². The first-order valence-corrected chi connectivity index (χ1v) is 11.9. The number of fused-ring (bicyclic) bond motifs is 2. The second-order valence-electron chi connectivity index (χ2n) is 10.3. The highest BCUT2D eigenvalue weighted by Crippen LogP contribution is 2.56. The molecule has 3 N–H and O–H groups in total. The van der Waals surface area contributed by atoms with Crippen molar-refractivity contribution in [3.05, 3.63) is 29.8 Å². The van der Waals surface area contributed by atoms with E-state index in [1.54, 1.807) is 0 Å². The van der Waals surface area contributed by atoms with Gasteiger partial charge in [0.05, 0.1) is 5.69 Å². The normalized spacial score (nSPS) is 38.3. The summed E-state index contributed by atoms with van der Waals surface area (Å²) in [6.45, 7) is 1.08. The van der Waals surface area contributed by atoms with Crippen molar-refractivity contribution in [3.63, 3.8) is 0 Å². The van der Waals surface area contributed by atoms with E-state index in [0.717, 1.165) is 23.7 Å². The summed E-state index contributed by atoms with van der Waals surface area (Å²) in [7, 11) is 2.37. The van der Waals surface area contributed by atoms with Crippen LogP contribution in [0.15, 0.2) is 29.3 Å². The summed E-state index contributed by atoms with van der Waals surface area (Å²) in [6, 6.07) is 7.95. The van der Waals surface area contributed by atoms with Crippen molar-refractivity contribution in [2.75, 3.05) is 13.6 Å². The van der Waals surface area contributed by atoms with Crippen LogP contribution < -0.4 is 5.73 Å². The van der Waals surface area contributed by atoms with E-state index in [1.165, 1.54) is 64.2 Å². The van der Waals surface area contributed by atoms with Gasteiger partial charge in [0.1, 0.15) is 11.4 Å². The predicted molar refractivity (Wildman–Crippen MR) is 118 cm³/mol. The summed E-state index contributed by atoms with van der Waals surface area (Å²) >= 11 is 0. The number of benzene rings is 1. The van der Waals surface area contributed by atoms with Crippen molar-refractivity contribution in [1.29, 1.82) is 0 Å². The van der Waals surface area contributed by atoms with E-state index in [9.17, 15) is 5.11 Å². The number of hydrogen-bond acceptors (Lipinski definition) is 4. The first-order valence-electron chi connectivity index (χ1n) is 11.9. The second kappa shape index (κ2) is 7.39. The van der Waals surface area contributed by atoms with E-state index in [4.69, 9.17) is 5.73 Å². The quantitative estimate of drug-likeness (QED) is 0.728. The van der Waals surface area contributed by atoms with Crippen LogP contribution in [0.1, 0.15) is 76.2 Å². The third kappa shape index (κ3) is 2.97. The fourth-order valence-electron chi connectivity index (χ4n) is 7.65. The molecule has 0 aromatic heterocycles. The van der Waals surface area contributed by atoms with Crippen molar-refractivity contribution in [3.8, 4) is 0 Å². The molecule has 0 amide bonds. The molecule has 4 nitrogen and oxygen atoms in total. The molecule has 2 aliphatic carbocycles. The van der Waals surface area contributed by atoms with Gasteiger partial charge >= 0.3 is 0 Å². The number of nitrogens with two attached hydrogens (primary N) is 1. The third-order valence-corrected chi connectivity index (χ3v) is 8.91. The van der Waals surface area contributed by atoms with Gasteiger partial charge < -0.3 is 10.8 Å². The Bertz CT molecular complexity index is 784. The maximum absolute atomic E-state index is 11.7. The van der Waals surface area contributed by atoms with E-state index in [0.29, 0.717) is 29.6 Å². The fourth-order valence-corrected chi connectivity index (χ4v) is 7.65. The average Bonchev–Trinajstić information content (AvgIpc) is 2.99. The molecule has 1 aromatic rings. The highest BCUT2D eigenvalue weighted by molar-refractivity contribution is 5.97. The number of likely N-dealkylation sites (tertiary alicyclic amines) is 1. The molecular weight excluding hydrogens is 358 g/mol. The molecule has 0 spiro atoms. The Morgan fingerprint density at radius 3 is 2.59 bits per heavy atom. The molecule has 4 unspecified atom stereocenters. The molecule has 29 heavy (non-hydrogen) atoms. The molecule has 2 heterocycles. The number of rotatable bonds is 3. The van der Waals surface area contributed by atoms with Gasteiger partial charge in [0.2, 0.25) is 0 Å². The van der Waals surface area contributed by atoms with Crippen molar-refractivity contribution < 1.29 is 5.11 Å². The maximum atomic E-state index is 11.7. The topological polar surface area (TPSA) is 61.8 Å². The number of amidine groups is 1. The molecule has 158 valence electrons. The lowest BCUT2D eigenvalue weighted by Gasteiger charge is -2.50. The number of nitrogens with zero attached hydrogens (tertiary/aromatic N) is 2. The summed E-state index contributed by atoms with van der Waals surface area (Å²) in [5.74, 6) is 2.37. The van der Waals surface area contributed by atoms with Gasteiger partial charge in [-0.2, -0.15) is 0 Å². The van der Waals surface area contributed by atoms with Crippen molar-refractivity contribution in [2.45, 2.75) is 81.8 Å². The van der Waals surface area contributed by atoms with E-state index in [2.05, 4.69) is 16.9 Å². The molecule has 1 saturated heterocycles. The molecule has 4 atom stereocenters. The van der Waals surface area contributed by atoms with Crippen LogP contribution in [0.25, 0.3) is 0 Å². The van der Waals surface area contributed by atoms with Gasteiger partial charge in [-0.3, -0.25) is 4.90 Å². The highest BCUT2D eigenvalue weighted by atomic mass is 16.3. The second-order valence-corrected chi connectivity index (χ2v) is 10.3. The molecule has 4 heteroatoms. The first kappa shape index (κ1) is 19.6. The highest BCUT2D eigenvalue weighted by Gasteiger charge is 2.58. The zero-order valence-electron chi connectivity index (χ0n) is 17.9. The summed E-state index contributed by atoms with van der Waals surface area (Å²) in [6.07, 6.45) is 14.5. The minimum atomic E-state index is -1.10. The summed E-state index contributed by atoms with van der Waals surface area (Å²) in [5, 5.41) is 11.7. The van der Waals surface area contributed by atoms with E-state index in [1.807, 2.05) is 24.3 Å². The summed E-state index contributed by atoms with van der Waals surface area (Å²) in [4.78, 5) is 7.24. The minimum absolute atomic E-state index is 0.341. The smallest absolute Gasteiger partial charge is 0.149 e. The monoisotopic (exact) mass is 395 g/mol. The van der Waals surface area contributed by atoms with Gasteiger partial charge in [-0.15, -0.1) is 0 Å². The molecule has 4 aliphatic rings. The van der Waals surface area contributed by atoms with Crippen LogP contribution in [0.4, 0.5) is 5.69 Å². The van der Waals surface area contributed by atoms with Crippen LogP contribution in [0, 0.1) is 17.8 Å². The molecule has 0 radical (unpaired) electrons. The van der Waals surface area contributed by atoms with Gasteiger partial charge in [-0.1, -0.05) is 56.7 Å². The Labute approximate surface area is 175 Å². The van der Waals surface area contributed by atoms with Gasteiger partial charge in [0, 0.05) is 17.6 Å². The zero-order valence-corrected chi connectivity index (χ0v) is 17.9.